The van der Waals surface area contributed by atoms with Gasteiger partial charge in [0.2, 0.25) is 0 Å². The van der Waals surface area contributed by atoms with Crippen LogP contribution in [0.1, 0.15) is 0 Å². The van der Waals surface area contributed by atoms with Crippen LogP contribution in [0.15, 0.2) is 0 Å². The van der Waals surface area contributed by atoms with E-state index < -0.39 is 6.17 Å². The molecule has 0 unspecified atom stereocenters. The predicted octanol–water partition coefficient (Wildman–Crippen LogP) is -0.554. The number of rotatable bonds is 0. The average molecular weight is 159 g/mol. The summed E-state index contributed by atoms with van der Waals surface area (Å²) in [4.78, 5) is 2.04. The molecule has 64 valence electrons. The molecule has 0 aromatic carbocycles. The van der Waals surface area contributed by atoms with Gasteiger partial charge >= 0.3 is 0 Å². The van der Waals surface area contributed by atoms with Crippen LogP contribution in [0.4, 0.5) is 4.39 Å². The van der Waals surface area contributed by atoms with Gasteiger partial charge in [0.1, 0.15) is 6.17 Å². The lowest BCUT2D eigenvalue weighted by Gasteiger charge is -2.46. The second-order valence-electron chi connectivity index (χ2n) is 3.93. The van der Waals surface area contributed by atoms with Crippen molar-refractivity contribution in [1.82, 2.24) is 9.91 Å². The second kappa shape index (κ2) is 2.15. The van der Waals surface area contributed by atoms with E-state index in [-0.39, 0.29) is 5.41 Å². The average Bonchev–Trinajstić information content (AvgIpc) is 2.06. The number of likely N-dealkylation sites (tertiary alicyclic amines) is 1. The fraction of sp³-hybridized carbons (Fsp3) is 1.00. The highest BCUT2D eigenvalue weighted by atomic mass is 19.1. The third-order valence-electron chi connectivity index (χ3n) is 2.76. The zero-order valence-electron chi connectivity index (χ0n) is 6.76. The number of halogens is 1. The summed E-state index contributed by atoms with van der Waals surface area (Å²) >= 11 is 0. The van der Waals surface area contributed by atoms with Crippen molar-refractivity contribution < 1.29 is 4.39 Å². The Kier molecular flexibility index (Phi) is 1.46. The smallest absolute Gasteiger partial charge is 0.122 e. The van der Waals surface area contributed by atoms with E-state index in [1.807, 2.05) is 11.9 Å². The van der Waals surface area contributed by atoms with Crippen LogP contribution in [-0.2, 0) is 0 Å². The number of nitrogens with zero attached hydrogens (tertiary/aromatic N) is 2. The summed E-state index contributed by atoms with van der Waals surface area (Å²) in [5.41, 5.74) is -0.122. The summed E-state index contributed by atoms with van der Waals surface area (Å²) in [6, 6.07) is 0. The maximum atomic E-state index is 13.3. The minimum atomic E-state index is -0.674. The largest absolute Gasteiger partial charge is 0.303 e. The molecule has 0 aromatic rings. The first-order valence-corrected chi connectivity index (χ1v) is 3.95. The number of hydrogen-bond donors (Lipinski definition) is 1. The molecule has 0 amide bonds. The van der Waals surface area contributed by atoms with E-state index in [9.17, 15) is 4.39 Å². The standard InChI is InChI=1S/C7H14FN3/c1-10-2-6(8)7(3-10)4-11(9)5-7/h6H,2-5,9H2,1H3/t6-/m0/s1. The molecule has 0 bridgehead atoms. The van der Waals surface area contributed by atoms with Crippen LogP contribution in [0, 0.1) is 5.41 Å². The normalized spacial score (nSPS) is 37.9. The van der Waals surface area contributed by atoms with Gasteiger partial charge < -0.3 is 4.90 Å². The molecule has 11 heavy (non-hydrogen) atoms. The van der Waals surface area contributed by atoms with E-state index in [1.165, 1.54) is 0 Å². The molecule has 2 saturated heterocycles. The molecule has 1 spiro atoms. The lowest BCUT2D eigenvalue weighted by atomic mass is 9.79. The van der Waals surface area contributed by atoms with Gasteiger partial charge in [0, 0.05) is 31.6 Å². The molecule has 0 aliphatic carbocycles. The number of hydrogen-bond acceptors (Lipinski definition) is 3. The lowest BCUT2D eigenvalue weighted by molar-refractivity contribution is -0.0326. The van der Waals surface area contributed by atoms with Crippen molar-refractivity contribution in [2.75, 3.05) is 33.2 Å². The van der Waals surface area contributed by atoms with E-state index in [4.69, 9.17) is 5.84 Å². The molecule has 2 fully saturated rings. The third-order valence-corrected chi connectivity index (χ3v) is 2.76. The van der Waals surface area contributed by atoms with Crippen molar-refractivity contribution in [3.05, 3.63) is 0 Å². The first kappa shape index (κ1) is 7.46. The van der Waals surface area contributed by atoms with Gasteiger partial charge in [-0.1, -0.05) is 0 Å². The van der Waals surface area contributed by atoms with Crippen LogP contribution in [-0.4, -0.2) is 49.3 Å². The molecule has 2 N–H and O–H groups in total. The zero-order valence-corrected chi connectivity index (χ0v) is 6.76. The summed E-state index contributed by atoms with van der Waals surface area (Å²) in [6.07, 6.45) is -0.674. The molecule has 0 radical (unpaired) electrons. The van der Waals surface area contributed by atoms with Gasteiger partial charge in [0.05, 0.1) is 0 Å². The number of nitrogens with two attached hydrogens (primary N) is 1. The van der Waals surface area contributed by atoms with Gasteiger partial charge in [-0.05, 0) is 7.05 Å². The summed E-state index contributed by atoms with van der Waals surface area (Å²) in [6.45, 7) is 2.88. The summed E-state index contributed by atoms with van der Waals surface area (Å²) in [7, 11) is 1.96. The van der Waals surface area contributed by atoms with Gasteiger partial charge in [-0.2, -0.15) is 0 Å². The lowest BCUT2D eigenvalue weighted by Crippen LogP contribution is -2.63. The minimum absolute atomic E-state index is 0.122. The monoisotopic (exact) mass is 159 g/mol. The Morgan fingerprint density at radius 1 is 1.45 bits per heavy atom. The van der Waals surface area contributed by atoms with Crippen LogP contribution < -0.4 is 5.84 Å². The van der Waals surface area contributed by atoms with Crippen molar-refractivity contribution in [2.45, 2.75) is 6.17 Å². The SMILES string of the molecule is CN1C[C@H](F)C2(C1)CN(N)C2. The summed E-state index contributed by atoms with van der Waals surface area (Å²) in [5, 5.41) is 1.69. The van der Waals surface area contributed by atoms with Crippen molar-refractivity contribution >= 4 is 0 Å². The van der Waals surface area contributed by atoms with E-state index in [2.05, 4.69) is 0 Å². The fourth-order valence-corrected chi connectivity index (χ4v) is 2.23. The molecule has 2 heterocycles. The molecule has 2 rings (SSSR count). The van der Waals surface area contributed by atoms with Crippen LogP contribution >= 0.6 is 0 Å². The number of hydrazine groups is 1. The highest BCUT2D eigenvalue weighted by molar-refractivity contribution is 5.04. The van der Waals surface area contributed by atoms with Gasteiger partial charge in [-0.3, -0.25) is 5.84 Å². The Balaban J connectivity index is 2.04. The number of alkyl halides is 1. The Morgan fingerprint density at radius 2 is 2.09 bits per heavy atom. The molecule has 2 aliphatic rings. The van der Waals surface area contributed by atoms with Gasteiger partial charge in [0.25, 0.3) is 0 Å². The molecule has 1 atom stereocenters. The van der Waals surface area contributed by atoms with E-state index >= 15 is 0 Å². The topological polar surface area (TPSA) is 32.5 Å². The van der Waals surface area contributed by atoms with Gasteiger partial charge in [-0.15, -0.1) is 0 Å². The fourth-order valence-electron chi connectivity index (χ4n) is 2.23. The minimum Gasteiger partial charge on any atom is -0.303 e. The van der Waals surface area contributed by atoms with Crippen LogP contribution in [0.5, 0.6) is 0 Å². The van der Waals surface area contributed by atoms with E-state index in [1.54, 1.807) is 5.01 Å². The van der Waals surface area contributed by atoms with Crippen LogP contribution in [0.3, 0.4) is 0 Å². The van der Waals surface area contributed by atoms with E-state index in [0.29, 0.717) is 6.54 Å². The second-order valence-corrected chi connectivity index (χ2v) is 3.93. The predicted molar refractivity (Wildman–Crippen MR) is 40.6 cm³/mol. The van der Waals surface area contributed by atoms with Crippen molar-refractivity contribution in [2.24, 2.45) is 11.3 Å². The third kappa shape index (κ3) is 0.972. The van der Waals surface area contributed by atoms with Gasteiger partial charge in [-0.25, -0.2) is 9.40 Å². The highest BCUT2D eigenvalue weighted by Gasteiger charge is 2.53. The maximum absolute atomic E-state index is 13.3. The van der Waals surface area contributed by atoms with Crippen molar-refractivity contribution in [3.8, 4) is 0 Å². The first-order valence-electron chi connectivity index (χ1n) is 3.95. The molecule has 0 aromatic heterocycles. The molecule has 0 saturated carbocycles. The summed E-state index contributed by atoms with van der Waals surface area (Å²) in [5.74, 6) is 5.49. The zero-order chi connectivity index (χ0) is 8.06. The van der Waals surface area contributed by atoms with Crippen molar-refractivity contribution in [3.63, 3.8) is 0 Å². The maximum Gasteiger partial charge on any atom is 0.122 e. The Bertz CT molecular complexity index is 167. The van der Waals surface area contributed by atoms with E-state index in [0.717, 1.165) is 19.6 Å². The van der Waals surface area contributed by atoms with Crippen LogP contribution in [0.25, 0.3) is 0 Å². The van der Waals surface area contributed by atoms with Crippen LogP contribution in [0.2, 0.25) is 0 Å². The quantitative estimate of drug-likeness (QED) is 0.481. The Morgan fingerprint density at radius 3 is 2.45 bits per heavy atom. The highest BCUT2D eigenvalue weighted by Crippen LogP contribution is 2.39. The molecular weight excluding hydrogens is 145 g/mol. The van der Waals surface area contributed by atoms with Gasteiger partial charge in [0.15, 0.2) is 0 Å². The first-order chi connectivity index (χ1) is 5.12. The molecule has 3 nitrogen and oxygen atoms in total. The molecule has 2 aliphatic heterocycles. The summed E-state index contributed by atoms with van der Waals surface area (Å²) < 4.78 is 13.3. The Labute approximate surface area is 65.9 Å². The molecule has 4 heteroatoms. The van der Waals surface area contributed by atoms with Crippen molar-refractivity contribution in [1.29, 1.82) is 0 Å². The molecular formula is C7H14FN3. The Hall–Kier alpha value is -0.190.